The zero-order chi connectivity index (χ0) is 16.2. The number of carbonyl (C=O) groups excluding carboxylic acids is 1. The van der Waals surface area contributed by atoms with E-state index in [4.69, 9.17) is 4.74 Å². The number of rotatable bonds is 5. The van der Waals surface area contributed by atoms with Gasteiger partial charge < -0.3 is 10.1 Å². The summed E-state index contributed by atoms with van der Waals surface area (Å²) in [7, 11) is 1.66. The minimum Gasteiger partial charge on any atom is -0.497 e. The molecule has 1 N–H and O–H groups in total. The largest absolute Gasteiger partial charge is 0.497 e. The Morgan fingerprint density at radius 2 is 1.91 bits per heavy atom. The summed E-state index contributed by atoms with van der Waals surface area (Å²) in [6.07, 6.45) is 0.792. The Bertz CT molecular complexity index is 775. The van der Waals surface area contributed by atoms with Crippen LogP contribution in [0.3, 0.4) is 0 Å². The van der Waals surface area contributed by atoms with Gasteiger partial charge in [0, 0.05) is 10.7 Å². The van der Waals surface area contributed by atoms with Crippen molar-refractivity contribution in [2.75, 3.05) is 7.11 Å². The van der Waals surface area contributed by atoms with Gasteiger partial charge in [0.15, 0.2) is 0 Å². The van der Waals surface area contributed by atoms with Crippen molar-refractivity contribution in [3.8, 4) is 5.75 Å². The lowest BCUT2D eigenvalue weighted by Gasteiger charge is -2.13. The quantitative estimate of drug-likeness (QED) is 0.761. The lowest BCUT2D eigenvalue weighted by atomic mass is 10.1. The Morgan fingerprint density at radius 3 is 2.61 bits per heavy atom. The summed E-state index contributed by atoms with van der Waals surface area (Å²) in [5, 5.41) is 4.19. The van der Waals surface area contributed by atoms with E-state index in [2.05, 4.69) is 5.32 Å². The maximum absolute atomic E-state index is 12.4. The van der Waals surface area contributed by atoms with Crippen LogP contribution in [0.2, 0.25) is 0 Å². The fraction of sp³-hybridized carbons (Fsp3) is 0.211. The first-order valence-corrected chi connectivity index (χ1v) is 8.40. The second kappa shape index (κ2) is 6.84. The molecule has 0 bridgehead atoms. The SMILES string of the molecule is COc1ccc(C[C@@H](C)NC(=O)c2cc3ccccc3s2)cc1. The molecular weight excluding hydrogens is 306 g/mol. The Balaban J connectivity index is 1.64. The van der Waals surface area contributed by atoms with Gasteiger partial charge >= 0.3 is 0 Å². The number of thiophene rings is 1. The smallest absolute Gasteiger partial charge is 0.261 e. The van der Waals surface area contributed by atoms with Crippen molar-refractivity contribution in [2.45, 2.75) is 19.4 Å². The highest BCUT2D eigenvalue weighted by molar-refractivity contribution is 7.20. The van der Waals surface area contributed by atoms with Crippen LogP contribution < -0.4 is 10.1 Å². The van der Waals surface area contributed by atoms with Gasteiger partial charge in [0.1, 0.15) is 5.75 Å². The predicted molar refractivity (Wildman–Crippen MR) is 95.5 cm³/mol. The number of benzene rings is 2. The maximum atomic E-state index is 12.4. The normalized spacial score (nSPS) is 12.1. The number of fused-ring (bicyclic) bond motifs is 1. The van der Waals surface area contributed by atoms with Crippen LogP contribution in [-0.2, 0) is 6.42 Å². The van der Waals surface area contributed by atoms with Gasteiger partial charge in [0.2, 0.25) is 0 Å². The van der Waals surface area contributed by atoms with Crippen molar-refractivity contribution < 1.29 is 9.53 Å². The van der Waals surface area contributed by atoms with Crippen molar-refractivity contribution in [3.63, 3.8) is 0 Å². The first-order valence-electron chi connectivity index (χ1n) is 7.58. The van der Waals surface area contributed by atoms with E-state index >= 15 is 0 Å². The minimum absolute atomic E-state index is 0.00721. The number of carbonyl (C=O) groups is 1. The fourth-order valence-electron chi connectivity index (χ4n) is 2.55. The van der Waals surface area contributed by atoms with Crippen molar-refractivity contribution in [3.05, 3.63) is 65.0 Å². The summed E-state index contributed by atoms with van der Waals surface area (Å²) >= 11 is 1.53. The molecule has 3 aromatic rings. The summed E-state index contributed by atoms with van der Waals surface area (Å²) in [6.45, 7) is 2.02. The molecule has 1 heterocycles. The molecule has 4 heteroatoms. The summed E-state index contributed by atoms with van der Waals surface area (Å²) in [5.41, 5.74) is 1.18. The van der Waals surface area contributed by atoms with Gasteiger partial charge in [-0.2, -0.15) is 0 Å². The molecule has 0 saturated heterocycles. The Labute approximate surface area is 139 Å². The topological polar surface area (TPSA) is 38.3 Å². The van der Waals surface area contributed by atoms with Gasteiger partial charge in [-0.3, -0.25) is 4.79 Å². The van der Waals surface area contributed by atoms with Crippen LogP contribution in [0.1, 0.15) is 22.2 Å². The summed E-state index contributed by atoms with van der Waals surface area (Å²) < 4.78 is 6.30. The number of nitrogens with one attached hydrogen (secondary N) is 1. The van der Waals surface area contributed by atoms with Crippen LogP contribution in [-0.4, -0.2) is 19.1 Å². The molecule has 0 fully saturated rings. The van der Waals surface area contributed by atoms with Crippen LogP contribution in [0.15, 0.2) is 54.6 Å². The van der Waals surface area contributed by atoms with E-state index in [0.29, 0.717) is 0 Å². The van der Waals surface area contributed by atoms with Gasteiger partial charge in [-0.05, 0) is 48.6 Å². The molecule has 118 valence electrons. The van der Waals surface area contributed by atoms with E-state index in [1.54, 1.807) is 7.11 Å². The Kier molecular flexibility index (Phi) is 4.63. The monoisotopic (exact) mass is 325 g/mol. The zero-order valence-corrected chi connectivity index (χ0v) is 14.0. The average molecular weight is 325 g/mol. The third-order valence-electron chi connectivity index (χ3n) is 3.73. The van der Waals surface area contributed by atoms with Gasteiger partial charge in [-0.1, -0.05) is 30.3 Å². The van der Waals surface area contributed by atoms with Crippen LogP contribution in [0, 0.1) is 0 Å². The van der Waals surface area contributed by atoms with Crippen LogP contribution in [0.25, 0.3) is 10.1 Å². The molecule has 0 aliphatic heterocycles. The highest BCUT2D eigenvalue weighted by atomic mass is 32.1. The maximum Gasteiger partial charge on any atom is 0.261 e. The second-order valence-corrected chi connectivity index (χ2v) is 6.66. The van der Waals surface area contributed by atoms with Gasteiger partial charge in [0.25, 0.3) is 5.91 Å². The lowest BCUT2D eigenvalue weighted by Crippen LogP contribution is -2.33. The number of hydrogen-bond donors (Lipinski definition) is 1. The van der Waals surface area contributed by atoms with E-state index in [-0.39, 0.29) is 11.9 Å². The molecule has 0 unspecified atom stereocenters. The average Bonchev–Trinajstić information content (AvgIpc) is 2.99. The van der Waals surface area contributed by atoms with Gasteiger partial charge in [-0.15, -0.1) is 11.3 Å². The molecule has 1 atom stereocenters. The van der Waals surface area contributed by atoms with Crippen LogP contribution in [0.5, 0.6) is 5.75 Å². The minimum atomic E-state index is -0.00721. The molecular formula is C19H19NO2S. The van der Waals surface area contributed by atoms with Crippen LogP contribution in [0.4, 0.5) is 0 Å². The van der Waals surface area contributed by atoms with E-state index < -0.39 is 0 Å². The van der Waals surface area contributed by atoms with E-state index in [1.807, 2.05) is 61.5 Å². The molecule has 2 aromatic carbocycles. The molecule has 0 aliphatic carbocycles. The highest BCUT2D eigenvalue weighted by Crippen LogP contribution is 2.25. The Morgan fingerprint density at radius 1 is 1.17 bits per heavy atom. The molecule has 1 aromatic heterocycles. The molecule has 0 spiro atoms. The molecule has 0 radical (unpaired) electrons. The molecule has 3 rings (SSSR count). The third-order valence-corrected chi connectivity index (χ3v) is 4.84. The van der Waals surface area contributed by atoms with Crippen molar-refractivity contribution in [1.29, 1.82) is 0 Å². The molecule has 23 heavy (non-hydrogen) atoms. The van der Waals surface area contributed by atoms with Crippen molar-refractivity contribution in [1.82, 2.24) is 5.32 Å². The number of hydrogen-bond acceptors (Lipinski definition) is 3. The first kappa shape index (κ1) is 15.6. The standard InChI is InChI=1S/C19H19NO2S/c1-13(11-14-7-9-16(22-2)10-8-14)20-19(21)18-12-15-5-3-4-6-17(15)23-18/h3-10,12-13H,11H2,1-2H3,(H,20,21)/t13-/m1/s1. The number of methoxy groups -OCH3 is 1. The van der Waals surface area contributed by atoms with Gasteiger partial charge in [-0.25, -0.2) is 0 Å². The van der Waals surface area contributed by atoms with Crippen molar-refractivity contribution >= 4 is 27.3 Å². The van der Waals surface area contributed by atoms with E-state index in [1.165, 1.54) is 16.9 Å². The summed E-state index contributed by atoms with van der Waals surface area (Å²) in [6, 6.07) is 18.0. The van der Waals surface area contributed by atoms with Gasteiger partial charge in [0.05, 0.1) is 12.0 Å². The highest BCUT2D eigenvalue weighted by Gasteiger charge is 2.13. The van der Waals surface area contributed by atoms with Crippen molar-refractivity contribution in [2.24, 2.45) is 0 Å². The number of amides is 1. The third kappa shape index (κ3) is 3.71. The first-order chi connectivity index (χ1) is 11.2. The fourth-order valence-corrected chi connectivity index (χ4v) is 3.52. The molecule has 0 saturated carbocycles. The predicted octanol–water partition coefficient (Wildman–Crippen LogP) is 4.27. The molecule has 1 amide bonds. The lowest BCUT2D eigenvalue weighted by molar-refractivity contribution is 0.0944. The number of ether oxygens (including phenoxy) is 1. The van der Waals surface area contributed by atoms with E-state index in [9.17, 15) is 4.79 Å². The summed E-state index contributed by atoms with van der Waals surface area (Å²) in [5.74, 6) is 0.836. The Hall–Kier alpha value is -2.33. The molecule has 3 nitrogen and oxygen atoms in total. The summed E-state index contributed by atoms with van der Waals surface area (Å²) in [4.78, 5) is 13.2. The zero-order valence-electron chi connectivity index (χ0n) is 13.2. The van der Waals surface area contributed by atoms with E-state index in [0.717, 1.165) is 27.1 Å². The second-order valence-electron chi connectivity index (χ2n) is 5.58. The van der Waals surface area contributed by atoms with Crippen LogP contribution >= 0.6 is 11.3 Å². The molecule has 0 aliphatic rings.